The van der Waals surface area contributed by atoms with E-state index in [9.17, 15) is 8.42 Å². The van der Waals surface area contributed by atoms with Crippen LogP contribution in [0.5, 0.6) is 0 Å². The van der Waals surface area contributed by atoms with E-state index in [1.165, 1.54) is 12.3 Å². The number of nitrogens with one attached hydrogen (secondary N) is 1. The van der Waals surface area contributed by atoms with Gasteiger partial charge >= 0.3 is 0 Å². The number of furan rings is 1. The van der Waals surface area contributed by atoms with E-state index in [2.05, 4.69) is 5.32 Å². The second-order valence-electron chi connectivity index (χ2n) is 4.43. The molecular weight excluding hydrogens is 264 g/mol. The third-order valence-electron chi connectivity index (χ3n) is 3.45. The van der Waals surface area contributed by atoms with Crippen LogP contribution in [0.1, 0.15) is 0 Å². The summed E-state index contributed by atoms with van der Waals surface area (Å²) in [7, 11) is -3.40. The first-order chi connectivity index (χ1) is 7.68. The van der Waals surface area contributed by atoms with Gasteiger partial charge in [-0.05, 0) is 37.1 Å². The van der Waals surface area contributed by atoms with E-state index in [1.54, 1.807) is 10.4 Å². The average molecular weight is 279 g/mol. The van der Waals surface area contributed by atoms with Gasteiger partial charge in [0.15, 0.2) is 0 Å². The minimum Gasteiger partial charge on any atom is -0.452 e. The molecule has 0 bridgehead atoms. The topological polar surface area (TPSA) is 62.6 Å². The standard InChI is InChI=1S/C10H14N2O3S.ClH/c13-16(14,10-2-1-3-15-10)12-6-8-4-11-5-9(8)7-12;/h1-3,8-9,11H,4-7H2;1H/t8-,9+;. The summed E-state index contributed by atoms with van der Waals surface area (Å²) < 4.78 is 30.8. The van der Waals surface area contributed by atoms with Crippen LogP contribution in [0.15, 0.2) is 27.9 Å². The monoisotopic (exact) mass is 278 g/mol. The van der Waals surface area contributed by atoms with E-state index in [0.717, 1.165) is 13.1 Å². The normalized spacial score (nSPS) is 28.9. The highest BCUT2D eigenvalue weighted by molar-refractivity contribution is 7.89. The first-order valence-electron chi connectivity index (χ1n) is 5.42. The van der Waals surface area contributed by atoms with Crippen molar-refractivity contribution < 1.29 is 12.8 Å². The molecule has 2 aliphatic rings. The summed E-state index contributed by atoms with van der Waals surface area (Å²) in [6, 6.07) is 3.10. The Morgan fingerprint density at radius 2 is 1.94 bits per heavy atom. The lowest BCUT2D eigenvalue weighted by atomic mass is 10.0. The molecule has 17 heavy (non-hydrogen) atoms. The van der Waals surface area contributed by atoms with Crippen LogP contribution >= 0.6 is 12.4 Å². The number of sulfonamides is 1. The van der Waals surface area contributed by atoms with E-state index in [-0.39, 0.29) is 17.5 Å². The highest BCUT2D eigenvalue weighted by Gasteiger charge is 2.42. The van der Waals surface area contributed by atoms with Crippen molar-refractivity contribution in [3.8, 4) is 0 Å². The lowest BCUT2D eigenvalue weighted by molar-refractivity contribution is 0.400. The van der Waals surface area contributed by atoms with Gasteiger partial charge in [0.05, 0.1) is 6.26 Å². The summed E-state index contributed by atoms with van der Waals surface area (Å²) in [6.45, 7) is 3.07. The van der Waals surface area contributed by atoms with Crippen LogP contribution in [0.3, 0.4) is 0 Å². The molecule has 3 heterocycles. The van der Waals surface area contributed by atoms with Gasteiger partial charge in [0.25, 0.3) is 10.0 Å². The Kier molecular flexibility index (Phi) is 3.49. The van der Waals surface area contributed by atoms with Gasteiger partial charge in [0.1, 0.15) is 0 Å². The van der Waals surface area contributed by atoms with Crippen molar-refractivity contribution in [2.24, 2.45) is 11.8 Å². The smallest absolute Gasteiger partial charge is 0.276 e. The Balaban J connectivity index is 0.00000108. The van der Waals surface area contributed by atoms with E-state index < -0.39 is 10.0 Å². The molecule has 96 valence electrons. The number of hydrogen-bond donors (Lipinski definition) is 1. The maximum atomic E-state index is 12.1. The van der Waals surface area contributed by atoms with Gasteiger partial charge in [0, 0.05) is 13.1 Å². The van der Waals surface area contributed by atoms with E-state index >= 15 is 0 Å². The van der Waals surface area contributed by atoms with Gasteiger partial charge in [-0.3, -0.25) is 0 Å². The van der Waals surface area contributed by atoms with E-state index in [1.807, 2.05) is 0 Å². The van der Waals surface area contributed by atoms with Crippen molar-refractivity contribution in [3.63, 3.8) is 0 Å². The maximum Gasteiger partial charge on any atom is 0.276 e. The predicted octanol–water partition coefficient (Wildman–Crippen LogP) is 0.541. The molecule has 7 heteroatoms. The highest BCUT2D eigenvalue weighted by atomic mass is 35.5. The zero-order chi connectivity index (χ0) is 11.2. The summed E-state index contributed by atoms with van der Waals surface area (Å²) in [4.78, 5) is 0. The highest BCUT2D eigenvalue weighted by Crippen LogP contribution is 2.30. The summed E-state index contributed by atoms with van der Waals surface area (Å²) in [5.74, 6) is 0.925. The summed E-state index contributed by atoms with van der Waals surface area (Å²) in [5.41, 5.74) is 0. The molecule has 0 spiro atoms. The van der Waals surface area contributed by atoms with Crippen LogP contribution in [-0.4, -0.2) is 38.9 Å². The largest absolute Gasteiger partial charge is 0.452 e. The van der Waals surface area contributed by atoms with E-state index in [0.29, 0.717) is 24.9 Å². The summed E-state index contributed by atoms with van der Waals surface area (Å²) in [6.07, 6.45) is 1.39. The maximum absolute atomic E-state index is 12.1. The molecule has 0 aromatic carbocycles. The fourth-order valence-electron chi connectivity index (χ4n) is 2.55. The van der Waals surface area contributed by atoms with Crippen LogP contribution in [0.25, 0.3) is 0 Å². The molecule has 2 atom stereocenters. The van der Waals surface area contributed by atoms with E-state index in [4.69, 9.17) is 4.42 Å². The van der Waals surface area contributed by atoms with Crippen molar-refractivity contribution in [1.82, 2.24) is 9.62 Å². The molecule has 3 rings (SSSR count). The Labute approximate surface area is 107 Å². The SMILES string of the molecule is Cl.O=S(=O)(c1ccco1)N1C[C@H]2CNC[C@H]2C1. The molecule has 1 aromatic rings. The van der Waals surface area contributed by atoms with Gasteiger partial charge in [-0.25, -0.2) is 8.42 Å². The van der Waals surface area contributed by atoms with Crippen LogP contribution in [0.4, 0.5) is 0 Å². The summed E-state index contributed by atoms with van der Waals surface area (Å²) >= 11 is 0. The third kappa shape index (κ3) is 2.10. The molecule has 2 fully saturated rings. The van der Waals surface area contributed by atoms with Crippen LogP contribution in [0, 0.1) is 11.8 Å². The van der Waals surface area contributed by atoms with Gasteiger partial charge in [-0.15, -0.1) is 12.4 Å². The number of fused-ring (bicyclic) bond motifs is 1. The fourth-order valence-corrected chi connectivity index (χ4v) is 4.00. The third-order valence-corrected chi connectivity index (χ3v) is 5.16. The zero-order valence-corrected chi connectivity index (χ0v) is 10.8. The molecule has 0 aliphatic carbocycles. The number of nitrogens with zero attached hydrogens (tertiary/aromatic N) is 1. The lowest BCUT2D eigenvalue weighted by Gasteiger charge is -2.15. The average Bonchev–Trinajstić information content (AvgIpc) is 2.94. The van der Waals surface area contributed by atoms with Gasteiger partial charge in [-0.2, -0.15) is 4.31 Å². The fraction of sp³-hybridized carbons (Fsp3) is 0.600. The predicted molar refractivity (Wildman–Crippen MR) is 64.6 cm³/mol. The minimum absolute atomic E-state index is 0. The molecule has 0 saturated carbocycles. The lowest BCUT2D eigenvalue weighted by Crippen LogP contribution is -2.31. The molecule has 5 nitrogen and oxygen atoms in total. The zero-order valence-electron chi connectivity index (χ0n) is 9.20. The first kappa shape index (κ1) is 12.9. The molecular formula is C10H15ClN2O3S. The number of rotatable bonds is 2. The second-order valence-corrected chi connectivity index (χ2v) is 6.30. The van der Waals surface area contributed by atoms with Crippen molar-refractivity contribution in [2.45, 2.75) is 5.09 Å². The van der Waals surface area contributed by atoms with Crippen LogP contribution in [-0.2, 0) is 10.0 Å². The van der Waals surface area contributed by atoms with Crippen LogP contribution < -0.4 is 5.32 Å². The Morgan fingerprint density at radius 3 is 2.47 bits per heavy atom. The Hall–Kier alpha value is -0.560. The van der Waals surface area contributed by atoms with Crippen molar-refractivity contribution in [2.75, 3.05) is 26.2 Å². The summed E-state index contributed by atoms with van der Waals surface area (Å²) in [5, 5.41) is 3.34. The Bertz CT molecular complexity index is 462. The van der Waals surface area contributed by atoms with Crippen LogP contribution in [0.2, 0.25) is 0 Å². The quantitative estimate of drug-likeness (QED) is 0.858. The molecule has 1 aromatic heterocycles. The van der Waals surface area contributed by atoms with Gasteiger partial charge < -0.3 is 9.73 Å². The molecule has 0 radical (unpaired) electrons. The molecule has 1 N–H and O–H groups in total. The molecule has 2 aliphatic heterocycles. The van der Waals surface area contributed by atoms with Crippen molar-refractivity contribution >= 4 is 22.4 Å². The molecule has 0 unspecified atom stereocenters. The second kappa shape index (κ2) is 4.61. The first-order valence-corrected chi connectivity index (χ1v) is 6.86. The van der Waals surface area contributed by atoms with Crippen molar-refractivity contribution in [3.05, 3.63) is 18.4 Å². The number of hydrogen-bond acceptors (Lipinski definition) is 4. The van der Waals surface area contributed by atoms with Gasteiger partial charge in [-0.1, -0.05) is 0 Å². The minimum atomic E-state index is -3.40. The Morgan fingerprint density at radius 1 is 1.29 bits per heavy atom. The molecule has 0 amide bonds. The number of halogens is 1. The van der Waals surface area contributed by atoms with Gasteiger partial charge in [0.2, 0.25) is 5.09 Å². The molecule has 2 saturated heterocycles. The van der Waals surface area contributed by atoms with Crippen molar-refractivity contribution in [1.29, 1.82) is 0 Å².